The van der Waals surface area contributed by atoms with Gasteiger partial charge >= 0.3 is 0 Å². The molecule has 7 nitrogen and oxygen atoms in total. The van der Waals surface area contributed by atoms with Crippen LogP contribution in [0.25, 0.3) is 5.69 Å². The Bertz CT molecular complexity index is 861. The van der Waals surface area contributed by atoms with E-state index in [2.05, 4.69) is 27.6 Å². The lowest BCUT2D eigenvalue weighted by Gasteiger charge is -2.31. The summed E-state index contributed by atoms with van der Waals surface area (Å²) in [4.78, 5) is 18.2. The van der Waals surface area contributed by atoms with Crippen LogP contribution in [-0.2, 0) is 11.3 Å². The second-order valence-electron chi connectivity index (χ2n) is 8.05. The standard InChI is InChI=1S/C22H31FN6O/c1-16-6-4-5-7-20(16)26-22(25-15-21(30)28(2)3)24-14-18-12-13-29(27-18)19-10-8-17(23)9-11-19/h8-13,16,20H,4-7,14-15H2,1-3H3,(H2,24,25,26). The smallest absolute Gasteiger partial charge is 0.241 e. The first-order valence-electron chi connectivity index (χ1n) is 10.5. The van der Waals surface area contributed by atoms with E-state index < -0.39 is 0 Å². The average Bonchev–Trinajstić information content (AvgIpc) is 3.20. The van der Waals surface area contributed by atoms with Crippen molar-refractivity contribution in [3.63, 3.8) is 0 Å². The van der Waals surface area contributed by atoms with Gasteiger partial charge < -0.3 is 15.5 Å². The third kappa shape index (κ3) is 6.05. The van der Waals surface area contributed by atoms with Crippen LogP contribution < -0.4 is 10.6 Å². The molecule has 162 valence electrons. The molecule has 1 saturated carbocycles. The fourth-order valence-corrected chi connectivity index (χ4v) is 3.52. The second kappa shape index (κ2) is 10.2. The maximum Gasteiger partial charge on any atom is 0.241 e. The van der Waals surface area contributed by atoms with Crippen LogP contribution in [0.4, 0.5) is 4.39 Å². The average molecular weight is 415 g/mol. The van der Waals surface area contributed by atoms with Crippen LogP contribution >= 0.6 is 0 Å². The molecule has 0 radical (unpaired) electrons. The van der Waals surface area contributed by atoms with Crippen molar-refractivity contribution in [1.82, 2.24) is 25.3 Å². The molecule has 0 bridgehead atoms. The van der Waals surface area contributed by atoms with Crippen molar-refractivity contribution in [2.75, 3.05) is 20.6 Å². The summed E-state index contributed by atoms with van der Waals surface area (Å²) in [6.45, 7) is 2.81. The van der Waals surface area contributed by atoms with E-state index in [0.29, 0.717) is 24.5 Å². The lowest BCUT2D eigenvalue weighted by atomic mass is 9.86. The number of likely N-dealkylation sites (N-methyl/N-ethyl adjacent to an activating group) is 1. The number of guanidine groups is 1. The van der Waals surface area contributed by atoms with Gasteiger partial charge in [0.1, 0.15) is 5.82 Å². The van der Waals surface area contributed by atoms with Crippen LogP contribution in [0.5, 0.6) is 0 Å². The highest BCUT2D eigenvalue weighted by Gasteiger charge is 2.22. The molecule has 1 amide bonds. The highest BCUT2D eigenvalue weighted by atomic mass is 19.1. The molecule has 8 heteroatoms. The highest BCUT2D eigenvalue weighted by Crippen LogP contribution is 2.23. The first-order valence-corrected chi connectivity index (χ1v) is 10.5. The number of carbonyl (C=O) groups is 1. The van der Waals surface area contributed by atoms with Crippen molar-refractivity contribution in [2.45, 2.75) is 45.2 Å². The van der Waals surface area contributed by atoms with Crippen molar-refractivity contribution in [3.8, 4) is 5.69 Å². The maximum absolute atomic E-state index is 13.1. The Morgan fingerprint density at radius 2 is 1.97 bits per heavy atom. The van der Waals surface area contributed by atoms with Gasteiger partial charge in [0.15, 0.2) is 5.96 Å². The van der Waals surface area contributed by atoms with Gasteiger partial charge in [-0.3, -0.25) is 4.79 Å². The summed E-state index contributed by atoms with van der Waals surface area (Å²) >= 11 is 0. The van der Waals surface area contributed by atoms with Gasteiger partial charge in [-0.1, -0.05) is 19.8 Å². The third-order valence-corrected chi connectivity index (χ3v) is 5.47. The van der Waals surface area contributed by atoms with Crippen LogP contribution in [0.1, 0.15) is 38.3 Å². The zero-order valence-electron chi connectivity index (χ0n) is 17.9. The molecule has 2 aromatic rings. The first-order chi connectivity index (χ1) is 14.4. The summed E-state index contributed by atoms with van der Waals surface area (Å²) in [5.41, 5.74) is 1.58. The molecule has 0 spiro atoms. The Kier molecular flexibility index (Phi) is 7.43. The molecular weight excluding hydrogens is 383 g/mol. The Hall–Kier alpha value is -2.90. The Labute approximate surface area is 177 Å². The van der Waals surface area contributed by atoms with Crippen LogP contribution in [0.2, 0.25) is 0 Å². The molecule has 2 atom stereocenters. The predicted octanol–water partition coefficient (Wildman–Crippen LogP) is 2.71. The van der Waals surface area contributed by atoms with Gasteiger partial charge in [0.05, 0.1) is 24.5 Å². The number of nitrogens with zero attached hydrogens (tertiary/aromatic N) is 4. The zero-order valence-corrected chi connectivity index (χ0v) is 17.9. The third-order valence-electron chi connectivity index (χ3n) is 5.47. The van der Waals surface area contributed by atoms with Crippen LogP contribution in [-0.4, -0.2) is 53.2 Å². The van der Waals surface area contributed by atoms with E-state index in [-0.39, 0.29) is 18.3 Å². The van der Waals surface area contributed by atoms with E-state index in [4.69, 9.17) is 0 Å². The minimum atomic E-state index is -0.276. The van der Waals surface area contributed by atoms with Crippen molar-refractivity contribution in [3.05, 3.63) is 48.0 Å². The Morgan fingerprint density at radius 3 is 2.67 bits per heavy atom. The molecule has 1 aromatic carbocycles. The molecule has 0 saturated heterocycles. The molecule has 2 unspecified atom stereocenters. The molecule has 30 heavy (non-hydrogen) atoms. The van der Waals surface area contributed by atoms with E-state index in [0.717, 1.165) is 17.8 Å². The summed E-state index contributed by atoms with van der Waals surface area (Å²) in [5, 5.41) is 11.2. The summed E-state index contributed by atoms with van der Waals surface area (Å²) in [6.07, 6.45) is 6.59. The predicted molar refractivity (Wildman–Crippen MR) is 116 cm³/mol. The van der Waals surface area contributed by atoms with E-state index >= 15 is 0 Å². The van der Waals surface area contributed by atoms with E-state index in [1.165, 1.54) is 31.4 Å². The number of halogens is 1. The Balaban J connectivity index is 1.68. The first kappa shape index (κ1) is 21.8. The Morgan fingerprint density at radius 1 is 1.23 bits per heavy atom. The fourth-order valence-electron chi connectivity index (χ4n) is 3.52. The number of amides is 1. The monoisotopic (exact) mass is 414 g/mol. The lowest BCUT2D eigenvalue weighted by Crippen LogP contribution is -2.49. The van der Waals surface area contributed by atoms with Gasteiger partial charge in [0.2, 0.25) is 5.91 Å². The number of hydrogen-bond donors (Lipinski definition) is 2. The van der Waals surface area contributed by atoms with Gasteiger partial charge in [0, 0.05) is 26.3 Å². The summed E-state index contributed by atoms with van der Waals surface area (Å²) in [5.74, 6) is 0.900. The largest absolute Gasteiger partial charge is 0.353 e. The molecule has 1 fully saturated rings. The molecule has 1 aliphatic rings. The van der Waals surface area contributed by atoms with E-state index in [1.807, 2.05) is 12.3 Å². The number of benzene rings is 1. The number of aromatic nitrogens is 2. The number of hydrogen-bond acceptors (Lipinski definition) is 3. The van der Waals surface area contributed by atoms with Gasteiger partial charge in [-0.25, -0.2) is 14.1 Å². The lowest BCUT2D eigenvalue weighted by molar-refractivity contribution is -0.127. The molecule has 2 N–H and O–H groups in total. The summed E-state index contributed by atoms with van der Waals surface area (Å²) in [7, 11) is 3.47. The van der Waals surface area contributed by atoms with Crippen molar-refractivity contribution >= 4 is 11.9 Å². The highest BCUT2D eigenvalue weighted by molar-refractivity contribution is 5.86. The maximum atomic E-state index is 13.1. The van der Waals surface area contributed by atoms with Gasteiger partial charge in [0.25, 0.3) is 0 Å². The second-order valence-corrected chi connectivity index (χ2v) is 8.05. The minimum absolute atomic E-state index is 0.0122. The van der Waals surface area contributed by atoms with Crippen molar-refractivity contribution in [2.24, 2.45) is 10.9 Å². The van der Waals surface area contributed by atoms with Gasteiger partial charge in [-0.05, 0) is 49.1 Å². The van der Waals surface area contributed by atoms with E-state index in [9.17, 15) is 9.18 Å². The van der Waals surface area contributed by atoms with Gasteiger partial charge in [-0.15, -0.1) is 0 Å². The number of rotatable bonds is 6. The summed E-state index contributed by atoms with van der Waals surface area (Å²) in [6, 6.07) is 8.42. The quantitative estimate of drug-likeness (QED) is 0.563. The van der Waals surface area contributed by atoms with Crippen LogP contribution in [0.3, 0.4) is 0 Å². The fraction of sp³-hybridized carbons (Fsp3) is 0.500. The molecule has 3 rings (SSSR count). The zero-order chi connectivity index (χ0) is 21.5. The SMILES string of the molecule is CC1CCCCC1NC(=NCc1ccn(-c2ccc(F)cc2)n1)NCC(=O)N(C)C. The molecule has 1 aromatic heterocycles. The number of nitrogens with one attached hydrogen (secondary N) is 2. The number of carbonyl (C=O) groups excluding carboxylic acids is 1. The van der Waals surface area contributed by atoms with Crippen LogP contribution in [0, 0.1) is 11.7 Å². The number of aliphatic imine (C=N–C) groups is 1. The van der Waals surface area contributed by atoms with Gasteiger partial charge in [-0.2, -0.15) is 5.10 Å². The minimum Gasteiger partial charge on any atom is -0.353 e. The summed E-state index contributed by atoms with van der Waals surface area (Å²) < 4.78 is 14.8. The van der Waals surface area contributed by atoms with Crippen molar-refractivity contribution < 1.29 is 9.18 Å². The molecule has 0 aliphatic heterocycles. The van der Waals surface area contributed by atoms with E-state index in [1.54, 1.807) is 35.8 Å². The van der Waals surface area contributed by atoms with Crippen LogP contribution in [0.15, 0.2) is 41.5 Å². The normalized spacial score (nSPS) is 19.4. The van der Waals surface area contributed by atoms with Crippen molar-refractivity contribution in [1.29, 1.82) is 0 Å². The molecule has 1 aliphatic carbocycles. The molecule has 1 heterocycles. The molecular formula is C22H31FN6O. The topological polar surface area (TPSA) is 74.5 Å².